The van der Waals surface area contributed by atoms with Crippen LogP contribution in [0.5, 0.6) is 0 Å². The highest BCUT2D eigenvalue weighted by atomic mass is 16.6. The van der Waals surface area contributed by atoms with E-state index < -0.39 is 28.2 Å². The molecule has 2 aliphatic heterocycles. The number of nitro benzene ring substituents is 1. The van der Waals surface area contributed by atoms with Crippen LogP contribution in [-0.4, -0.2) is 39.3 Å². The first-order chi connectivity index (χ1) is 15.8. The second-order valence-corrected chi connectivity index (χ2v) is 8.46. The van der Waals surface area contributed by atoms with Gasteiger partial charge in [0.25, 0.3) is 11.2 Å². The van der Waals surface area contributed by atoms with E-state index in [1.54, 1.807) is 6.92 Å². The van der Waals surface area contributed by atoms with E-state index in [1.165, 1.54) is 18.2 Å². The van der Waals surface area contributed by atoms with Crippen LogP contribution in [0.4, 0.5) is 23.1 Å². The highest BCUT2D eigenvalue weighted by molar-refractivity contribution is 6.04. The van der Waals surface area contributed by atoms with Gasteiger partial charge in [0.2, 0.25) is 17.8 Å². The molecular weight excluding hydrogens is 428 g/mol. The Balaban J connectivity index is 1.65. The molecule has 3 heterocycles. The second-order valence-electron chi connectivity index (χ2n) is 8.46. The summed E-state index contributed by atoms with van der Waals surface area (Å²) in [4.78, 5) is 58.4. The molecule has 11 nitrogen and oxygen atoms in total. The van der Waals surface area contributed by atoms with Gasteiger partial charge in [-0.3, -0.25) is 29.5 Å². The number of anilines is 3. The largest absolute Gasteiger partial charge is 0.339 e. The van der Waals surface area contributed by atoms with Gasteiger partial charge in [0.1, 0.15) is 5.82 Å². The van der Waals surface area contributed by atoms with E-state index in [4.69, 9.17) is 0 Å². The molecule has 174 valence electrons. The zero-order valence-electron chi connectivity index (χ0n) is 18.5. The molecule has 3 N–H and O–H groups in total. The summed E-state index contributed by atoms with van der Waals surface area (Å²) in [7, 11) is 0. The molecule has 1 saturated heterocycles. The number of aromatic amines is 1. The van der Waals surface area contributed by atoms with E-state index >= 15 is 0 Å². The zero-order chi connectivity index (χ0) is 23.7. The number of hydrogen-bond acceptors (Lipinski definition) is 7. The van der Waals surface area contributed by atoms with Crippen molar-refractivity contribution in [2.24, 2.45) is 0 Å². The van der Waals surface area contributed by atoms with Crippen molar-refractivity contribution in [2.45, 2.75) is 57.9 Å². The van der Waals surface area contributed by atoms with E-state index in [9.17, 15) is 24.5 Å². The summed E-state index contributed by atoms with van der Waals surface area (Å²) < 4.78 is 0. The van der Waals surface area contributed by atoms with Crippen molar-refractivity contribution in [3.63, 3.8) is 0 Å². The predicted molar refractivity (Wildman–Crippen MR) is 123 cm³/mol. The zero-order valence-corrected chi connectivity index (χ0v) is 18.5. The van der Waals surface area contributed by atoms with Crippen LogP contribution in [0.15, 0.2) is 23.0 Å². The Morgan fingerprint density at radius 3 is 2.85 bits per heavy atom. The summed E-state index contributed by atoms with van der Waals surface area (Å²) in [5, 5.41) is 16.4. The summed E-state index contributed by atoms with van der Waals surface area (Å²) in [6.45, 7) is 4.43. The normalized spacial score (nSPS) is 20.1. The van der Waals surface area contributed by atoms with Gasteiger partial charge in [-0.05, 0) is 38.7 Å². The maximum Gasteiger partial charge on any atom is 0.274 e. The molecule has 2 aliphatic rings. The number of carbonyl (C=O) groups is 2. The molecular formula is C22H26N6O5. The third-order valence-corrected chi connectivity index (χ3v) is 6.30. The smallest absolute Gasteiger partial charge is 0.274 e. The molecule has 0 bridgehead atoms. The van der Waals surface area contributed by atoms with Crippen molar-refractivity contribution < 1.29 is 14.5 Å². The number of aromatic nitrogens is 2. The first-order valence-corrected chi connectivity index (χ1v) is 11.0. The van der Waals surface area contributed by atoms with Crippen LogP contribution in [0.1, 0.15) is 56.1 Å². The maximum absolute atomic E-state index is 13.0. The molecule has 2 aromatic rings. The summed E-state index contributed by atoms with van der Waals surface area (Å²) in [5.74, 6) is -1.62. The summed E-state index contributed by atoms with van der Waals surface area (Å²) in [6, 6.07) is 4.56. The van der Waals surface area contributed by atoms with Gasteiger partial charge in [0.15, 0.2) is 0 Å². The van der Waals surface area contributed by atoms with Gasteiger partial charge < -0.3 is 15.5 Å². The van der Waals surface area contributed by atoms with Crippen LogP contribution in [0, 0.1) is 17.0 Å². The van der Waals surface area contributed by atoms with Gasteiger partial charge in [-0.15, -0.1) is 0 Å². The van der Waals surface area contributed by atoms with E-state index in [0.717, 1.165) is 32.2 Å². The van der Waals surface area contributed by atoms with Gasteiger partial charge in [0.05, 0.1) is 16.4 Å². The number of nitrogens with zero attached hydrogens (tertiary/aromatic N) is 3. The van der Waals surface area contributed by atoms with Crippen molar-refractivity contribution in [2.75, 3.05) is 22.1 Å². The SMILES string of the molecule is CC[C@@H]1CCCCN1c1nc2c(c(=O)[nH]1)[C@@H](C(=O)Nc1ccc(C)c([N+](=O)[O-])c1)CC(=O)N2. The maximum atomic E-state index is 13.0. The molecule has 0 aliphatic carbocycles. The molecule has 0 unspecified atom stereocenters. The molecule has 0 radical (unpaired) electrons. The third kappa shape index (κ3) is 4.43. The topological polar surface area (TPSA) is 150 Å². The Labute approximate surface area is 189 Å². The summed E-state index contributed by atoms with van der Waals surface area (Å²) >= 11 is 0. The van der Waals surface area contributed by atoms with Crippen LogP contribution >= 0.6 is 0 Å². The number of piperidine rings is 1. The molecule has 11 heteroatoms. The lowest BCUT2D eigenvalue weighted by Crippen LogP contribution is -2.43. The van der Waals surface area contributed by atoms with Crippen molar-refractivity contribution >= 4 is 35.0 Å². The molecule has 1 aromatic heterocycles. The highest BCUT2D eigenvalue weighted by Crippen LogP contribution is 2.32. The van der Waals surface area contributed by atoms with Gasteiger partial charge in [-0.2, -0.15) is 4.98 Å². The number of benzene rings is 1. The Bertz CT molecular complexity index is 1180. The standard InChI is InChI=1S/C22H26N6O5/c1-3-14-6-4-5-9-27(14)22-25-19-18(21(31)26-22)15(11-17(29)24-19)20(30)23-13-8-7-12(2)16(10-13)28(32)33/h7-8,10,14-15H,3-6,9,11H2,1-2H3,(H,23,30)(H2,24,25,26,29,31)/t14-,15+/m1/s1. The first kappa shape index (κ1) is 22.4. The van der Waals surface area contributed by atoms with Crippen LogP contribution in [0.3, 0.4) is 0 Å². The van der Waals surface area contributed by atoms with Crippen molar-refractivity contribution in [3.05, 3.63) is 49.8 Å². The summed E-state index contributed by atoms with van der Waals surface area (Å²) in [6.07, 6.45) is 3.77. The number of carbonyl (C=O) groups excluding carboxylic acids is 2. The van der Waals surface area contributed by atoms with Gasteiger partial charge >= 0.3 is 0 Å². The van der Waals surface area contributed by atoms with Gasteiger partial charge in [-0.25, -0.2) is 0 Å². The van der Waals surface area contributed by atoms with Crippen LogP contribution < -0.4 is 21.1 Å². The minimum absolute atomic E-state index is 0.0838. The Hall–Kier alpha value is -3.76. The fourth-order valence-electron chi connectivity index (χ4n) is 4.54. The fourth-order valence-corrected chi connectivity index (χ4v) is 4.54. The lowest BCUT2D eigenvalue weighted by Gasteiger charge is -2.36. The number of hydrogen-bond donors (Lipinski definition) is 3. The second kappa shape index (κ2) is 9.00. The van der Waals surface area contributed by atoms with E-state index in [1.807, 2.05) is 4.90 Å². The van der Waals surface area contributed by atoms with E-state index in [-0.39, 0.29) is 35.2 Å². The quantitative estimate of drug-likeness (QED) is 0.464. The fraction of sp³-hybridized carbons (Fsp3) is 0.455. The Morgan fingerprint density at radius 2 is 2.12 bits per heavy atom. The molecule has 1 aromatic carbocycles. The predicted octanol–water partition coefficient (Wildman–Crippen LogP) is 2.82. The van der Waals surface area contributed by atoms with Gasteiger partial charge in [-0.1, -0.05) is 13.0 Å². The number of nitrogens with one attached hydrogen (secondary N) is 3. The lowest BCUT2D eigenvalue weighted by molar-refractivity contribution is -0.385. The van der Waals surface area contributed by atoms with Crippen molar-refractivity contribution in [1.29, 1.82) is 0 Å². The van der Waals surface area contributed by atoms with Crippen molar-refractivity contribution in [3.8, 4) is 0 Å². The van der Waals surface area contributed by atoms with Crippen LogP contribution in [0.25, 0.3) is 0 Å². The molecule has 0 saturated carbocycles. The molecule has 2 amide bonds. The average Bonchev–Trinajstić information content (AvgIpc) is 2.79. The van der Waals surface area contributed by atoms with Gasteiger partial charge in [0, 0.05) is 36.3 Å². The molecule has 1 fully saturated rings. The number of nitro groups is 1. The third-order valence-electron chi connectivity index (χ3n) is 6.30. The molecule has 4 rings (SSSR count). The monoisotopic (exact) mass is 454 g/mol. The number of aryl methyl sites for hydroxylation is 1. The van der Waals surface area contributed by atoms with E-state index in [0.29, 0.717) is 11.5 Å². The Kier molecular flexibility index (Phi) is 6.12. The lowest BCUT2D eigenvalue weighted by atomic mass is 9.92. The minimum Gasteiger partial charge on any atom is -0.339 e. The summed E-state index contributed by atoms with van der Waals surface area (Å²) in [5.41, 5.74) is 0.139. The van der Waals surface area contributed by atoms with Crippen molar-refractivity contribution in [1.82, 2.24) is 9.97 Å². The van der Waals surface area contributed by atoms with Crippen LogP contribution in [0.2, 0.25) is 0 Å². The molecule has 33 heavy (non-hydrogen) atoms. The number of H-pyrrole nitrogens is 1. The molecule has 0 spiro atoms. The average molecular weight is 454 g/mol. The number of amides is 2. The Morgan fingerprint density at radius 1 is 1.33 bits per heavy atom. The highest BCUT2D eigenvalue weighted by Gasteiger charge is 2.36. The molecule has 2 atom stereocenters. The first-order valence-electron chi connectivity index (χ1n) is 11.0. The van der Waals surface area contributed by atoms with Crippen LogP contribution in [-0.2, 0) is 9.59 Å². The minimum atomic E-state index is -1.07. The van der Waals surface area contributed by atoms with E-state index in [2.05, 4.69) is 27.5 Å². The number of rotatable bonds is 5. The number of fused-ring (bicyclic) bond motifs is 1.